The molecule has 1 aromatic carbocycles. The fraction of sp³-hybridized carbons (Fsp3) is 0.500. The second kappa shape index (κ2) is 6.47. The summed E-state index contributed by atoms with van der Waals surface area (Å²) < 4.78 is 0. The van der Waals surface area contributed by atoms with Gasteiger partial charge in [-0.15, -0.1) is 0 Å². The molecule has 1 saturated carbocycles. The van der Waals surface area contributed by atoms with Crippen LogP contribution in [0.25, 0.3) is 0 Å². The van der Waals surface area contributed by atoms with Crippen molar-refractivity contribution >= 4 is 45.0 Å². The average molecular weight is 365 g/mol. The van der Waals surface area contributed by atoms with Gasteiger partial charge in [-0.25, -0.2) is 0 Å². The molecule has 0 heterocycles. The molecule has 1 fully saturated rings. The number of halogens is 3. The molecule has 0 aliphatic heterocycles. The summed E-state index contributed by atoms with van der Waals surface area (Å²) in [6.07, 6.45) is 4.78. The van der Waals surface area contributed by atoms with Crippen LogP contribution in [-0.2, 0) is 0 Å². The number of benzene rings is 1. The zero-order valence-electron chi connectivity index (χ0n) is 10.5. The van der Waals surface area contributed by atoms with Crippen molar-refractivity contribution in [2.24, 2.45) is 5.41 Å². The number of carbonyl (C=O) groups is 1. The first-order valence-corrected chi connectivity index (χ1v) is 8.24. The Balaban J connectivity index is 2.03. The van der Waals surface area contributed by atoms with Gasteiger partial charge in [0.2, 0.25) is 0 Å². The van der Waals surface area contributed by atoms with Gasteiger partial charge < -0.3 is 5.32 Å². The summed E-state index contributed by atoms with van der Waals surface area (Å²) in [6.45, 7) is 0.680. The van der Waals surface area contributed by atoms with Crippen LogP contribution in [-0.4, -0.2) is 17.8 Å². The fourth-order valence-corrected chi connectivity index (χ4v) is 3.67. The standard InChI is InChI=1S/C14H16BrCl2NO/c15-8-14(6-1-2-7-14)9-18-13(19)10-4-3-5-11(16)12(10)17/h3-5H,1-2,6-9H2,(H,18,19). The zero-order valence-corrected chi connectivity index (χ0v) is 13.6. The summed E-state index contributed by atoms with van der Waals surface area (Å²) in [6, 6.07) is 5.11. The van der Waals surface area contributed by atoms with E-state index in [4.69, 9.17) is 23.2 Å². The smallest absolute Gasteiger partial charge is 0.252 e. The SMILES string of the molecule is O=C(NCC1(CBr)CCCC1)c1cccc(Cl)c1Cl. The summed E-state index contributed by atoms with van der Waals surface area (Å²) in [5, 5.41) is 4.64. The molecule has 0 radical (unpaired) electrons. The third-order valence-corrected chi connectivity index (χ3v) is 5.78. The minimum atomic E-state index is -0.153. The van der Waals surface area contributed by atoms with Crippen LogP contribution in [0.3, 0.4) is 0 Å². The zero-order chi connectivity index (χ0) is 13.9. The molecule has 2 rings (SSSR count). The number of rotatable bonds is 4. The van der Waals surface area contributed by atoms with Crippen molar-refractivity contribution < 1.29 is 4.79 Å². The first-order valence-electron chi connectivity index (χ1n) is 6.36. The number of nitrogens with one attached hydrogen (secondary N) is 1. The molecule has 0 aromatic heterocycles. The van der Waals surface area contributed by atoms with Crippen LogP contribution in [0.15, 0.2) is 18.2 Å². The van der Waals surface area contributed by atoms with E-state index in [9.17, 15) is 4.79 Å². The average Bonchev–Trinajstić information content (AvgIpc) is 2.89. The second-order valence-electron chi connectivity index (χ2n) is 5.12. The Kier molecular flexibility index (Phi) is 5.15. The molecule has 0 bridgehead atoms. The second-order valence-corrected chi connectivity index (χ2v) is 6.47. The molecule has 0 saturated heterocycles. The molecule has 0 spiro atoms. The lowest BCUT2D eigenvalue weighted by Crippen LogP contribution is -2.37. The monoisotopic (exact) mass is 363 g/mol. The van der Waals surface area contributed by atoms with E-state index in [1.54, 1.807) is 18.2 Å². The van der Waals surface area contributed by atoms with Crippen LogP contribution in [0.5, 0.6) is 0 Å². The summed E-state index contributed by atoms with van der Waals surface area (Å²) in [7, 11) is 0. The van der Waals surface area contributed by atoms with E-state index in [1.165, 1.54) is 12.8 Å². The molecule has 19 heavy (non-hydrogen) atoms. The predicted octanol–water partition coefficient (Wildman–Crippen LogP) is 4.68. The molecule has 2 nitrogen and oxygen atoms in total. The Hall–Kier alpha value is -0.250. The first kappa shape index (κ1) is 15.1. The van der Waals surface area contributed by atoms with Crippen molar-refractivity contribution in [3.8, 4) is 0 Å². The van der Waals surface area contributed by atoms with E-state index in [0.717, 1.165) is 18.2 Å². The molecule has 1 aliphatic rings. The molecule has 1 N–H and O–H groups in total. The van der Waals surface area contributed by atoms with Gasteiger partial charge in [0.15, 0.2) is 0 Å². The molecule has 104 valence electrons. The quantitative estimate of drug-likeness (QED) is 0.772. The molecule has 0 unspecified atom stereocenters. The molecular formula is C14H16BrCl2NO. The minimum absolute atomic E-state index is 0.153. The molecule has 1 amide bonds. The van der Waals surface area contributed by atoms with Crippen molar-refractivity contribution in [2.75, 3.05) is 11.9 Å². The molecule has 1 aromatic rings. The summed E-state index contributed by atoms with van der Waals surface area (Å²) in [5.41, 5.74) is 0.637. The van der Waals surface area contributed by atoms with Crippen molar-refractivity contribution in [3.63, 3.8) is 0 Å². The maximum atomic E-state index is 12.2. The summed E-state index contributed by atoms with van der Waals surface area (Å²) >= 11 is 15.5. The Morgan fingerprint density at radius 2 is 2.00 bits per heavy atom. The Morgan fingerprint density at radius 1 is 1.32 bits per heavy atom. The lowest BCUT2D eigenvalue weighted by molar-refractivity contribution is 0.0935. The Bertz CT molecular complexity index is 473. The van der Waals surface area contributed by atoms with Gasteiger partial charge in [-0.3, -0.25) is 4.79 Å². The molecular weight excluding hydrogens is 349 g/mol. The summed E-state index contributed by atoms with van der Waals surface area (Å²) in [4.78, 5) is 12.2. The highest BCUT2D eigenvalue weighted by atomic mass is 79.9. The molecule has 0 atom stereocenters. The number of amides is 1. The topological polar surface area (TPSA) is 29.1 Å². The Morgan fingerprint density at radius 3 is 2.63 bits per heavy atom. The number of carbonyl (C=O) groups excluding carboxylic acids is 1. The van der Waals surface area contributed by atoms with Gasteiger partial charge in [0.05, 0.1) is 15.6 Å². The van der Waals surface area contributed by atoms with Crippen LogP contribution in [0.2, 0.25) is 10.0 Å². The van der Waals surface area contributed by atoms with E-state index in [0.29, 0.717) is 22.2 Å². The van der Waals surface area contributed by atoms with Crippen LogP contribution in [0.4, 0.5) is 0 Å². The Labute approximate surface area is 132 Å². The van der Waals surface area contributed by atoms with Gasteiger partial charge in [0.25, 0.3) is 5.91 Å². The normalized spacial score (nSPS) is 17.4. The van der Waals surface area contributed by atoms with Gasteiger partial charge in [0, 0.05) is 11.9 Å². The highest BCUT2D eigenvalue weighted by Gasteiger charge is 2.33. The van der Waals surface area contributed by atoms with Crippen LogP contribution in [0.1, 0.15) is 36.0 Å². The van der Waals surface area contributed by atoms with E-state index in [1.807, 2.05) is 0 Å². The van der Waals surface area contributed by atoms with Gasteiger partial charge >= 0.3 is 0 Å². The number of hydrogen-bond donors (Lipinski definition) is 1. The third-order valence-electron chi connectivity index (χ3n) is 3.77. The van der Waals surface area contributed by atoms with E-state index >= 15 is 0 Å². The first-order chi connectivity index (χ1) is 9.08. The van der Waals surface area contributed by atoms with Gasteiger partial charge in [-0.2, -0.15) is 0 Å². The predicted molar refractivity (Wildman–Crippen MR) is 83.5 cm³/mol. The van der Waals surface area contributed by atoms with Gasteiger partial charge in [-0.05, 0) is 30.4 Å². The van der Waals surface area contributed by atoms with Crippen molar-refractivity contribution in [1.29, 1.82) is 0 Å². The number of hydrogen-bond acceptors (Lipinski definition) is 1. The minimum Gasteiger partial charge on any atom is -0.351 e. The highest BCUT2D eigenvalue weighted by molar-refractivity contribution is 9.09. The highest BCUT2D eigenvalue weighted by Crippen LogP contribution is 2.39. The van der Waals surface area contributed by atoms with E-state index < -0.39 is 0 Å². The molecule has 1 aliphatic carbocycles. The lowest BCUT2D eigenvalue weighted by Gasteiger charge is -2.26. The largest absolute Gasteiger partial charge is 0.351 e. The third kappa shape index (κ3) is 3.45. The van der Waals surface area contributed by atoms with Crippen molar-refractivity contribution in [3.05, 3.63) is 33.8 Å². The van der Waals surface area contributed by atoms with Crippen LogP contribution >= 0.6 is 39.1 Å². The van der Waals surface area contributed by atoms with Crippen molar-refractivity contribution in [2.45, 2.75) is 25.7 Å². The van der Waals surface area contributed by atoms with E-state index in [2.05, 4.69) is 21.2 Å². The summed E-state index contributed by atoms with van der Waals surface area (Å²) in [5.74, 6) is -0.153. The van der Waals surface area contributed by atoms with Crippen LogP contribution in [0, 0.1) is 5.41 Å². The molecule has 5 heteroatoms. The lowest BCUT2D eigenvalue weighted by atomic mass is 9.89. The van der Waals surface area contributed by atoms with E-state index in [-0.39, 0.29) is 11.3 Å². The fourth-order valence-electron chi connectivity index (χ4n) is 2.52. The van der Waals surface area contributed by atoms with Crippen molar-refractivity contribution in [1.82, 2.24) is 5.32 Å². The van der Waals surface area contributed by atoms with Gasteiger partial charge in [0.1, 0.15) is 0 Å². The number of alkyl halides is 1. The maximum absolute atomic E-state index is 12.2. The maximum Gasteiger partial charge on any atom is 0.252 e. The van der Waals surface area contributed by atoms with Crippen LogP contribution < -0.4 is 5.32 Å². The van der Waals surface area contributed by atoms with Gasteiger partial charge in [-0.1, -0.05) is 58.0 Å².